The summed E-state index contributed by atoms with van der Waals surface area (Å²) in [4.78, 5) is 15.9. The number of likely N-dealkylation sites (tertiary alicyclic amines) is 1. The summed E-state index contributed by atoms with van der Waals surface area (Å²) in [5.41, 5.74) is 2.38. The number of carbonyl (C=O) groups is 1. The second-order valence-electron chi connectivity index (χ2n) is 9.16. The molecule has 4 nitrogen and oxygen atoms in total. The Kier molecular flexibility index (Phi) is 7.10. The molecule has 0 atom stereocenters. The van der Waals surface area contributed by atoms with Crippen LogP contribution in [0, 0.1) is 0 Å². The van der Waals surface area contributed by atoms with Crippen molar-refractivity contribution in [2.45, 2.75) is 49.7 Å². The van der Waals surface area contributed by atoms with E-state index in [1.54, 1.807) is 0 Å². The zero-order valence-electron chi connectivity index (χ0n) is 19.0. The molecule has 4 rings (SSSR count). The molecule has 7 heteroatoms. The van der Waals surface area contributed by atoms with Gasteiger partial charge in [0.05, 0.1) is 0 Å². The number of fused-ring (bicyclic) bond motifs is 3. The summed E-state index contributed by atoms with van der Waals surface area (Å²) in [5, 5.41) is 5.54. The molecule has 0 bridgehead atoms. The first-order chi connectivity index (χ1) is 15.8. The van der Waals surface area contributed by atoms with Crippen molar-refractivity contribution in [1.29, 1.82) is 0 Å². The lowest BCUT2D eigenvalue weighted by Gasteiger charge is -2.33. The molecule has 33 heavy (non-hydrogen) atoms. The number of carbonyl (C=O) groups excluding carboxylic acids is 1. The first-order valence-corrected chi connectivity index (χ1v) is 11.8. The zero-order valence-corrected chi connectivity index (χ0v) is 19.0. The number of rotatable bonds is 8. The minimum absolute atomic E-state index is 0.484. The van der Waals surface area contributed by atoms with Gasteiger partial charge in [-0.2, -0.15) is 13.2 Å². The van der Waals surface area contributed by atoms with Crippen LogP contribution >= 0.6 is 0 Å². The molecule has 0 spiro atoms. The van der Waals surface area contributed by atoms with Gasteiger partial charge in [0.15, 0.2) is 0 Å². The lowest BCUT2D eigenvalue weighted by atomic mass is 9.73. The number of nitrogens with zero attached hydrogens (tertiary/aromatic N) is 1. The number of halogens is 3. The van der Waals surface area contributed by atoms with Gasteiger partial charge < -0.3 is 15.5 Å². The van der Waals surface area contributed by atoms with Gasteiger partial charge in [-0.1, -0.05) is 55.0 Å². The molecule has 0 saturated carbocycles. The van der Waals surface area contributed by atoms with Crippen LogP contribution in [0.25, 0.3) is 11.1 Å². The number of piperidine rings is 1. The van der Waals surface area contributed by atoms with Crippen LogP contribution in [0.15, 0.2) is 48.5 Å². The maximum absolute atomic E-state index is 13.5. The van der Waals surface area contributed by atoms with Crippen molar-refractivity contribution < 1.29 is 18.0 Å². The minimum atomic E-state index is -4.45. The monoisotopic (exact) mass is 459 g/mol. The van der Waals surface area contributed by atoms with Crippen LogP contribution in [0.5, 0.6) is 0 Å². The molecule has 0 unspecified atom stereocenters. The lowest BCUT2D eigenvalue weighted by molar-refractivity contribution is -0.141. The summed E-state index contributed by atoms with van der Waals surface area (Å²) < 4.78 is 38.9. The number of hydrogen-bond donors (Lipinski definition) is 2. The number of amides is 1. The zero-order chi connectivity index (χ0) is 23.5. The third kappa shape index (κ3) is 4.94. The van der Waals surface area contributed by atoms with Crippen molar-refractivity contribution in [3.05, 3.63) is 59.7 Å². The molecule has 1 saturated heterocycles. The molecule has 2 aromatic rings. The van der Waals surface area contributed by atoms with Gasteiger partial charge in [-0.25, -0.2) is 0 Å². The first kappa shape index (κ1) is 23.8. The molecule has 178 valence electrons. The van der Waals surface area contributed by atoms with Gasteiger partial charge in [0.2, 0.25) is 5.91 Å². The fourth-order valence-electron chi connectivity index (χ4n) is 5.46. The third-order valence-electron chi connectivity index (χ3n) is 7.17. The van der Waals surface area contributed by atoms with Gasteiger partial charge in [-0.3, -0.25) is 4.79 Å². The highest BCUT2D eigenvalue weighted by Crippen LogP contribution is 2.51. The van der Waals surface area contributed by atoms with Crippen molar-refractivity contribution >= 4 is 5.91 Å². The lowest BCUT2D eigenvalue weighted by Crippen LogP contribution is -2.47. The van der Waals surface area contributed by atoms with Crippen LogP contribution in [0.2, 0.25) is 0 Å². The summed E-state index contributed by atoms with van der Waals surface area (Å²) in [5.74, 6) is -0.563. The molecule has 0 radical (unpaired) electrons. The summed E-state index contributed by atoms with van der Waals surface area (Å²) >= 11 is 0. The van der Waals surface area contributed by atoms with Gasteiger partial charge in [-0.15, -0.1) is 0 Å². The SMILES string of the molecule is CNC1CCN(CCCCC2(C(=O)NCC(F)(F)F)c3ccccc3-c3ccccc32)CC1. The molecule has 1 amide bonds. The first-order valence-electron chi connectivity index (χ1n) is 11.8. The molecule has 2 aliphatic rings. The Morgan fingerprint density at radius 2 is 1.58 bits per heavy atom. The third-order valence-corrected chi connectivity index (χ3v) is 7.17. The fourth-order valence-corrected chi connectivity index (χ4v) is 5.46. The molecule has 1 aliphatic carbocycles. The van der Waals surface area contributed by atoms with Crippen molar-refractivity contribution in [2.24, 2.45) is 0 Å². The van der Waals surface area contributed by atoms with E-state index in [4.69, 9.17) is 0 Å². The highest BCUT2D eigenvalue weighted by Gasteiger charge is 2.49. The highest BCUT2D eigenvalue weighted by molar-refractivity contribution is 6.00. The van der Waals surface area contributed by atoms with E-state index in [0.717, 1.165) is 67.6 Å². The van der Waals surface area contributed by atoms with Crippen LogP contribution in [0.1, 0.15) is 43.2 Å². The van der Waals surface area contributed by atoms with E-state index in [9.17, 15) is 18.0 Å². The Morgan fingerprint density at radius 3 is 2.12 bits per heavy atom. The Morgan fingerprint density at radius 1 is 1.00 bits per heavy atom. The summed E-state index contributed by atoms with van der Waals surface area (Å²) in [6.45, 7) is 1.72. The second-order valence-corrected chi connectivity index (χ2v) is 9.16. The average Bonchev–Trinajstić information content (AvgIpc) is 3.11. The predicted octanol–water partition coefficient (Wildman–Crippen LogP) is 4.49. The Hall–Kier alpha value is -2.38. The number of alkyl halides is 3. The molecule has 0 aromatic heterocycles. The van der Waals surface area contributed by atoms with Crippen LogP contribution in [-0.2, 0) is 10.2 Å². The van der Waals surface area contributed by atoms with Crippen molar-refractivity contribution in [3.63, 3.8) is 0 Å². The van der Waals surface area contributed by atoms with E-state index in [0.29, 0.717) is 12.5 Å². The number of unbranched alkanes of at least 4 members (excludes halogenated alkanes) is 1. The normalized spacial score (nSPS) is 18.1. The van der Waals surface area contributed by atoms with Crippen LogP contribution in [0.3, 0.4) is 0 Å². The average molecular weight is 460 g/mol. The predicted molar refractivity (Wildman–Crippen MR) is 124 cm³/mol. The smallest absolute Gasteiger partial charge is 0.346 e. The molecule has 2 N–H and O–H groups in total. The quantitative estimate of drug-likeness (QED) is 0.572. The standard InChI is InChI=1S/C26H32F3N3O/c1-30-19-12-16-32(17-13-19)15-7-6-14-25(24(33)31-18-26(27,28)29)22-10-4-2-8-20(22)21-9-3-5-11-23(21)25/h2-5,8-11,19,30H,6-7,12-18H2,1H3,(H,31,33). The van der Waals surface area contributed by atoms with E-state index in [-0.39, 0.29) is 0 Å². The topological polar surface area (TPSA) is 44.4 Å². The van der Waals surface area contributed by atoms with Crippen molar-refractivity contribution in [1.82, 2.24) is 15.5 Å². The van der Waals surface area contributed by atoms with Crippen molar-refractivity contribution in [3.8, 4) is 11.1 Å². The largest absolute Gasteiger partial charge is 0.405 e. The number of hydrogen-bond acceptors (Lipinski definition) is 3. The molecule has 1 aliphatic heterocycles. The van der Waals surface area contributed by atoms with E-state index in [1.165, 1.54) is 0 Å². The maximum Gasteiger partial charge on any atom is 0.405 e. The van der Waals surface area contributed by atoms with E-state index in [1.807, 2.05) is 55.6 Å². The number of nitrogens with one attached hydrogen (secondary N) is 2. The molecular formula is C26H32F3N3O. The Bertz CT molecular complexity index is 922. The van der Waals surface area contributed by atoms with Gasteiger partial charge >= 0.3 is 6.18 Å². The highest BCUT2D eigenvalue weighted by atomic mass is 19.4. The van der Waals surface area contributed by atoms with Gasteiger partial charge in [0.25, 0.3) is 0 Å². The molecular weight excluding hydrogens is 427 g/mol. The number of benzene rings is 2. The van der Waals surface area contributed by atoms with E-state index >= 15 is 0 Å². The second kappa shape index (κ2) is 9.85. The molecule has 2 aromatic carbocycles. The van der Waals surface area contributed by atoms with Gasteiger partial charge in [0, 0.05) is 6.04 Å². The summed E-state index contributed by atoms with van der Waals surface area (Å²) in [6.07, 6.45) is -0.0509. The van der Waals surface area contributed by atoms with Crippen LogP contribution < -0.4 is 10.6 Å². The molecule has 1 fully saturated rings. The van der Waals surface area contributed by atoms with E-state index < -0.39 is 24.0 Å². The van der Waals surface area contributed by atoms with Crippen LogP contribution in [-0.4, -0.2) is 56.3 Å². The summed E-state index contributed by atoms with van der Waals surface area (Å²) in [7, 11) is 2.00. The van der Waals surface area contributed by atoms with E-state index in [2.05, 4.69) is 15.5 Å². The van der Waals surface area contributed by atoms with Gasteiger partial charge in [0.1, 0.15) is 12.0 Å². The summed E-state index contributed by atoms with van der Waals surface area (Å²) in [6, 6.07) is 15.8. The van der Waals surface area contributed by atoms with Gasteiger partial charge in [-0.05, 0) is 74.6 Å². The van der Waals surface area contributed by atoms with Crippen LogP contribution in [0.4, 0.5) is 13.2 Å². The fraction of sp³-hybridized carbons (Fsp3) is 0.500. The minimum Gasteiger partial charge on any atom is -0.346 e. The van der Waals surface area contributed by atoms with Crippen molar-refractivity contribution in [2.75, 3.05) is 33.2 Å². The Balaban J connectivity index is 1.54. The Labute approximate surface area is 193 Å². The maximum atomic E-state index is 13.5. The molecule has 1 heterocycles.